The summed E-state index contributed by atoms with van der Waals surface area (Å²) >= 11 is 5.91. The third kappa shape index (κ3) is 3.33. The summed E-state index contributed by atoms with van der Waals surface area (Å²) in [6.45, 7) is 4.81. The number of hydrogen-bond acceptors (Lipinski definition) is 2. The molecule has 4 heteroatoms. The molecule has 0 aliphatic heterocycles. The van der Waals surface area contributed by atoms with Crippen molar-refractivity contribution in [3.63, 3.8) is 0 Å². The van der Waals surface area contributed by atoms with Crippen LogP contribution in [0.2, 0.25) is 5.02 Å². The van der Waals surface area contributed by atoms with Gasteiger partial charge in [0.2, 0.25) is 5.91 Å². The van der Waals surface area contributed by atoms with Crippen molar-refractivity contribution >= 4 is 17.5 Å². The molecule has 1 amide bonds. The van der Waals surface area contributed by atoms with Gasteiger partial charge in [-0.15, -0.1) is 0 Å². The van der Waals surface area contributed by atoms with Crippen LogP contribution >= 0.6 is 11.6 Å². The van der Waals surface area contributed by atoms with Crippen LogP contribution < -0.4 is 5.32 Å². The summed E-state index contributed by atoms with van der Waals surface area (Å²) in [5, 5.41) is 3.93. The zero-order valence-corrected chi connectivity index (χ0v) is 13.4. The highest BCUT2D eigenvalue weighted by Crippen LogP contribution is 2.37. The van der Waals surface area contributed by atoms with Gasteiger partial charge in [-0.1, -0.05) is 23.7 Å². The highest BCUT2D eigenvalue weighted by atomic mass is 35.5. The van der Waals surface area contributed by atoms with Gasteiger partial charge < -0.3 is 10.2 Å². The first-order chi connectivity index (χ1) is 9.25. The lowest BCUT2D eigenvalue weighted by molar-refractivity contribution is -0.126. The van der Waals surface area contributed by atoms with Crippen molar-refractivity contribution in [3.8, 4) is 0 Å². The van der Waals surface area contributed by atoms with Gasteiger partial charge >= 0.3 is 0 Å². The fraction of sp³-hybridized carbons (Fsp3) is 0.562. The second kappa shape index (κ2) is 5.38. The Balaban J connectivity index is 2.09. The SMILES string of the molecule is CN(C)CC1(NC(=O)C(C)(C)c2ccc(Cl)cc2)CC1. The zero-order chi connectivity index (χ0) is 15.0. The molecule has 0 aromatic heterocycles. The number of rotatable bonds is 5. The van der Waals surface area contributed by atoms with Crippen LogP contribution in [0.1, 0.15) is 32.3 Å². The fourth-order valence-corrected chi connectivity index (χ4v) is 2.60. The highest BCUT2D eigenvalue weighted by Gasteiger charge is 2.46. The van der Waals surface area contributed by atoms with E-state index in [-0.39, 0.29) is 11.4 Å². The van der Waals surface area contributed by atoms with E-state index in [9.17, 15) is 4.79 Å². The molecule has 0 saturated heterocycles. The van der Waals surface area contributed by atoms with Gasteiger partial charge in [0.1, 0.15) is 0 Å². The van der Waals surface area contributed by atoms with E-state index >= 15 is 0 Å². The Kier molecular flexibility index (Phi) is 4.12. The molecular weight excluding hydrogens is 272 g/mol. The van der Waals surface area contributed by atoms with Crippen LogP contribution in [0.5, 0.6) is 0 Å². The molecule has 1 fully saturated rings. The fourth-order valence-electron chi connectivity index (χ4n) is 2.47. The number of hydrogen-bond donors (Lipinski definition) is 1. The minimum atomic E-state index is -0.549. The van der Waals surface area contributed by atoms with Crippen molar-refractivity contribution in [2.45, 2.75) is 37.6 Å². The normalized spacial score (nSPS) is 17.1. The Morgan fingerprint density at radius 2 is 1.85 bits per heavy atom. The number of amides is 1. The molecule has 1 aromatic rings. The summed E-state index contributed by atoms with van der Waals surface area (Å²) in [6.07, 6.45) is 2.13. The molecule has 110 valence electrons. The molecule has 2 rings (SSSR count). The highest BCUT2D eigenvalue weighted by molar-refractivity contribution is 6.30. The van der Waals surface area contributed by atoms with Crippen LogP contribution in [-0.2, 0) is 10.2 Å². The van der Waals surface area contributed by atoms with E-state index < -0.39 is 5.41 Å². The molecule has 20 heavy (non-hydrogen) atoms. The van der Waals surface area contributed by atoms with Crippen LogP contribution in [0.4, 0.5) is 0 Å². The molecule has 0 unspecified atom stereocenters. The van der Waals surface area contributed by atoms with Crippen molar-refractivity contribution in [1.82, 2.24) is 10.2 Å². The first-order valence-electron chi connectivity index (χ1n) is 6.99. The van der Waals surface area contributed by atoms with E-state index in [2.05, 4.69) is 10.2 Å². The molecule has 1 aliphatic carbocycles. The van der Waals surface area contributed by atoms with Gasteiger partial charge in [-0.05, 0) is 58.5 Å². The standard InChI is InChI=1S/C16H23ClN2O/c1-15(2,12-5-7-13(17)8-6-12)14(20)18-16(9-10-16)11-19(3)4/h5-8H,9-11H2,1-4H3,(H,18,20). The molecule has 0 radical (unpaired) electrons. The largest absolute Gasteiger partial charge is 0.349 e. The van der Waals surface area contributed by atoms with E-state index in [0.29, 0.717) is 5.02 Å². The molecule has 0 bridgehead atoms. The lowest BCUT2D eigenvalue weighted by Crippen LogP contribution is -2.50. The number of carbonyl (C=O) groups is 1. The average Bonchev–Trinajstić information content (AvgIpc) is 3.08. The molecule has 3 nitrogen and oxygen atoms in total. The minimum absolute atomic E-state index is 0.0235. The monoisotopic (exact) mass is 294 g/mol. The van der Waals surface area contributed by atoms with Crippen LogP contribution in [0.25, 0.3) is 0 Å². The molecule has 1 aromatic carbocycles. The third-order valence-corrected chi connectivity index (χ3v) is 4.24. The Hall–Kier alpha value is -1.06. The van der Waals surface area contributed by atoms with Crippen LogP contribution in [-0.4, -0.2) is 37.0 Å². The van der Waals surface area contributed by atoms with Crippen LogP contribution in [0, 0.1) is 0 Å². The number of halogens is 1. The lowest BCUT2D eigenvalue weighted by Gasteiger charge is -2.29. The van der Waals surface area contributed by atoms with Gasteiger partial charge in [0.25, 0.3) is 0 Å². The molecule has 1 aliphatic rings. The van der Waals surface area contributed by atoms with Crippen molar-refractivity contribution < 1.29 is 4.79 Å². The molecule has 1 saturated carbocycles. The third-order valence-electron chi connectivity index (χ3n) is 3.98. The van der Waals surface area contributed by atoms with Crippen molar-refractivity contribution in [2.75, 3.05) is 20.6 Å². The summed E-state index contributed by atoms with van der Waals surface area (Å²) in [5.74, 6) is 0.0826. The number of benzene rings is 1. The number of carbonyl (C=O) groups excluding carboxylic acids is 1. The predicted molar refractivity (Wildman–Crippen MR) is 83.1 cm³/mol. The van der Waals surface area contributed by atoms with Gasteiger partial charge in [0, 0.05) is 11.6 Å². The first kappa shape index (κ1) is 15.3. The minimum Gasteiger partial charge on any atom is -0.349 e. The lowest BCUT2D eigenvalue weighted by atomic mass is 9.83. The van der Waals surface area contributed by atoms with Crippen molar-refractivity contribution in [2.24, 2.45) is 0 Å². The molecule has 1 N–H and O–H groups in total. The summed E-state index contributed by atoms with van der Waals surface area (Å²) in [5.41, 5.74) is 0.414. The smallest absolute Gasteiger partial charge is 0.230 e. The first-order valence-corrected chi connectivity index (χ1v) is 7.36. The van der Waals surface area contributed by atoms with E-state index in [1.54, 1.807) is 0 Å². The Morgan fingerprint density at radius 1 is 1.30 bits per heavy atom. The maximum absolute atomic E-state index is 12.6. The van der Waals surface area contributed by atoms with Gasteiger partial charge in [-0.2, -0.15) is 0 Å². The van der Waals surface area contributed by atoms with E-state index in [1.165, 1.54) is 0 Å². The van der Waals surface area contributed by atoms with Gasteiger partial charge in [0.15, 0.2) is 0 Å². The van der Waals surface area contributed by atoms with Crippen molar-refractivity contribution in [3.05, 3.63) is 34.9 Å². The predicted octanol–water partition coefficient (Wildman–Crippen LogP) is 2.83. The zero-order valence-electron chi connectivity index (χ0n) is 12.7. The van der Waals surface area contributed by atoms with Gasteiger partial charge in [-0.3, -0.25) is 4.79 Å². The van der Waals surface area contributed by atoms with E-state index in [1.807, 2.05) is 52.2 Å². The van der Waals surface area contributed by atoms with Crippen LogP contribution in [0.3, 0.4) is 0 Å². The number of nitrogens with zero attached hydrogens (tertiary/aromatic N) is 1. The quantitative estimate of drug-likeness (QED) is 0.906. The number of likely N-dealkylation sites (N-methyl/N-ethyl adjacent to an activating group) is 1. The summed E-state index contributed by atoms with van der Waals surface area (Å²) < 4.78 is 0. The maximum Gasteiger partial charge on any atom is 0.230 e. The topological polar surface area (TPSA) is 32.3 Å². The Bertz CT molecular complexity index is 490. The average molecular weight is 295 g/mol. The molecule has 0 spiro atoms. The van der Waals surface area contributed by atoms with Gasteiger partial charge in [-0.25, -0.2) is 0 Å². The van der Waals surface area contributed by atoms with Gasteiger partial charge in [0.05, 0.1) is 11.0 Å². The van der Waals surface area contributed by atoms with Crippen LogP contribution in [0.15, 0.2) is 24.3 Å². The molecular formula is C16H23ClN2O. The Labute approximate surface area is 126 Å². The van der Waals surface area contributed by atoms with E-state index in [4.69, 9.17) is 11.6 Å². The summed E-state index contributed by atoms with van der Waals surface area (Å²) in [7, 11) is 4.08. The molecule has 0 atom stereocenters. The molecule has 0 heterocycles. The second-order valence-corrected chi connectivity index (χ2v) is 7.04. The second-order valence-electron chi connectivity index (χ2n) is 6.60. The van der Waals surface area contributed by atoms with Crippen molar-refractivity contribution in [1.29, 1.82) is 0 Å². The summed E-state index contributed by atoms with van der Waals surface area (Å²) in [6, 6.07) is 7.51. The maximum atomic E-state index is 12.6. The van der Waals surface area contributed by atoms with E-state index in [0.717, 1.165) is 24.9 Å². The summed E-state index contributed by atoms with van der Waals surface area (Å²) in [4.78, 5) is 14.8. The number of nitrogens with one attached hydrogen (secondary N) is 1. The Morgan fingerprint density at radius 3 is 2.30 bits per heavy atom.